The van der Waals surface area contributed by atoms with E-state index in [0.29, 0.717) is 0 Å². The molecular weight excluding hydrogens is 283 g/mol. The molecule has 0 spiro atoms. The summed E-state index contributed by atoms with van der Waals surface area (Å²) in [6.07, 6.45) is 3.61. The monoisotopic (exact) mass is 304 g/mol. The van der Waals surface area contributed by atoms with E-state index < -0.39 is 23.2 Å². The van der Waals surface area contributed by atoms with Gasteiger partial charge < -0.3 is 0 Å². The zero-order valence-corrected chi connectivity index (χ0v) is 14.3. The second kappa shape index (κ2) is 4.84. The van der Waals surface area contributed by atoms with Gasteiger partial charge in [-0.05, 0) is 0 Å². The van der Waals surface area contributed by atoms with Crippen molar-refractivity contribution in [2.24, 2.45) is 5.92 Å². The molecule has 0 fully saturated rings. The van der Waals surface area contributed by atoms with Gasteiger partial charge in [0.2, 0.25) is 0 Å². The van der Waals surface area contributed by atoms with E-state index in [1.807, 2.05) is 3.28 Å². The van der Waals surface area contributed by atoms with Crippen LogP contribution < -0.4 is 0 Å². The molecule has 0 aromatic rings. The van der Waals surface area contributed by atoms with E-state index in [4.69, 9.17) is 0 Å². The summed E-state index contributed by atoms with van der Waals surface area (Å²) in [5, 5.41) is 0. The maximum atomic E-state index is 2.41. The average molecular weight is 306 g/mol. The van der Waals surface area contributed by atoms with E-state index in [0.717, 1.165) is 5.92 Å². The summed E-state index contributed by atoms with van der Waals surface area (Å²) >= 11 is -0.554. The van der Waals surface area contributed by atoms with Crippen LogP contribution in [0.2, 0.25) is 0 Å². The van der Waals surface area contributed by atoms with Crippen molar-refractivity contribution in [1.29, 1.82) is 0 Å². The van der Waals surface area contributed by atoms with Crippen molar-refractivity contribution in [3.63, 3.8) is 0 Å². The summed E-state index contributed by atoms with van der Waals surface area (Å²) in [4.78, 5) is 0. The van der Waals surface area contributed by atoms with Gasteiger partial charge >= 0.3 is 118 Å². The molecule has 1 unspecified atom stereocenters. The van der Waals surface area contributed by atoms with Gasteiger partial charge in [-0.25, -0.2) is 0 Å². The second-order valence-corrected chi connectivity index (χ2v) is 8.61. The molecule has 0 radical (unpaired) electrons. The molecule has 0 amide bonds. The molecular formula is C16H22Zr. The molecule has 0 aromatic carbocycles. The average Bonchev–Trinajstić information content (AvgIpc) is 2.70. The topological polar surface area (TPSA) is 0 Å². The van der Waals surface area contributed by atoms with Crippen LogP contribution in [0, 0.1) is 5.92 Å². The Morgan fingerprint density at radius 2 is 1.71 bits per heavy atom. The van der Waals surface area contributed by atoms with E-state index in [-0.39, 0.29) is 0 Å². The third-order valence-corrected chi connectivity index (χ3v) is 9.72. The van der Waals surface area contributed by atoms with Gasteiger partial charge in [0.15, 0.2) is 0 Å². The Morgan fingerprint density at radius 1 is 1.06 bits per heavy atom. The van der Waals surface area contributed by atoms with Crippen molar-refractivity contribution in [2.75, 3.05) is 0 Å². The first-order chi connectivity index (χ1) is 7.93. The van der Waals surface area contributed by atoms with Gasteiger partial charge in [0.1, 0.15) is 0 Å². The van der Waals surface area contributed by atoms with Gasteiger partial charge in [-0.1, -0.05) is 0 Å². The van der Waals surface area contributed by atoms with Gasteiger partial charge in [-0.2, -0.15) is 0 Å². The fraction of sp³-hybridized carbons (Fsp3) is 0.500. The Labute approximate surface area is 117 Å². The SMILES string of the molecule is CC1=CCC(C)=[C]1[Zr][C]1=C(C)C(C)=C(C)C1C. The Hall–Kier alpha value is -0.157. The minimum absolute atomic E-state index is 0.554. The van der Waals surface area contributed by atoms with Crippen LogP contribution >= 0.6 is 0 Å². The van der Waals surface area contributed by atoms with Crippen molar-refractivity contribution in [3.05, 3.63) is 40.5 Å². The number of allylic oxidation sites excluding steroid dienone is 8. The van der Waals surface area contributed by atoms with Crippen LogP contribution in [0.25, 0.3) is 0 Å². The van der Waals surface area contributed by atoms with Gasteiger partial charge in [-0.3, -0.25) is 0 Å². The van der Waals surface area contributed by atoms with Crippen LogP contribution in [0.3, 0.4) is 0 Å². The number of rotatable bonds is 2. The standard InChI is InChI=1S/C9H13.C7H9.Zr/c1-6-5-7(2)9(4)8(6)3;1-6-3-4-7(2)5-6;/h6H,1-4H3;3H,4H2,1-2H3;. The van der Waals surface area contributed by atoms with E-state index >= 15 is 0 Å². The summed E-state index contributed by atoms with van der Waals surface area (Å²) in [5.74, 6) is 0.718. The van der Waals surface area contributed by atoms with Gasteiger partial charge in [0, 0.05) is 0 Å². The number of hydrogen-bond donors (Lipinski definition) is 0. The van der Waals surface area contributed by atoms with Gasteiger partial charge in [-0.15, -0.1) is 0 Å². The zero-order chi connectivity index (χ0) is 12.7. The molecule has 2 aliphatic carbocycles. The van der Waals surface area contributed by atoms with Crippen LogP contribution in [-0.4, -0.2) is 0 Å². The first-order valence-corrected chi connectivity index (χ1v) is 8.91. The van der Waals surface area contributed by atoms with Crippen LogP contribution in [0.4, 0.5) is 0 Å². The van der Waals surface area contributed by atoms with E-state index in [2.05, 4.69) is 47.6 Å². The third-order valence-electron chi connectivity index (χ3n) is 4.44. The Kier molecular flexibility index (Phi) is 3.78. The molecule has 0 saturated heterocycles. The van der Waals surface area contributed by atoms with Crippen molar-refractivity contribution >= 4 is 0 Å². The minimum atomic E-state index is -0.554. The summed E-state index contributed by atoms with van der Waals surface area (Å²) in [6.45, 7) is 14.0. The maximum absolute atomic E-state index is 2.41. The van der Waals surface area contributed by atoms with Crippen LogP contribution in [-0.2, 0) is 23.2 Å². The first-order valence-electron chi connectivity index (χ1n) is 6.46. The third kappa shape index (κ3) is 2.24. The molecule has 1 heteroatoms. The summed E-state index contributed by atoms with van der Waals surface area (Å²) in [7, 11) is 0. The van der Waals surface area contributed by atoms with Gasteiger partial charge in [0.25, 0.3) is 0 Å². The molecule has 0 N–H and O–H groups in total. The second-order valence-electron chi connectivity index (χ2n) is 5.44. The molecule has 0 bridgehead atoms. The molecule has 0 heterocycles. The summed E-state index contributed by atoms with van der Waals surface area (Å²) < 4.78 is 3.57. The molecule has 1 atom stereocenters. The molecule has 17 heavy (non-hydrogen) atoms. The van der Waals surface area contributed by atoms with E-state index in [1.165, 1.54) is 6.42 Å². The Balaban J connectivity index is 2.29. The Bertz CT molecular complexity index is 484. The normalized spacial score (nSPS) is 25.1. The van der Waals surface area contributed by atoms with Crippen LogP contribution in [0.5, 0.6) is 0 Å². The fourth-order valence-electron chi connectivity index (χ4n) is 2.75. The van der Waals surface area contributed by atoms with E-state index in [9.17, 15) is 0 Å². The molecule has 0 nitrogen and oxygen atoms in total. The summed E-state index contributed by atoms with van der Waals surface area (Å²) in [6, 6.07) is 0. The van der Waals surface area contributed by atoms with Crippen LogP contribution in [0.1, 0.15) is 48.0 Å². The van der Waals surface area contributed by atoms with E-state index in [1.54, 1.807) is 31.1 Å². The van der Waals surface area contributed by atoms with Crippen molar-refractivity contribution in [1.82, 2.24) is 0 Å². The quantitative estimate of drug-likeness (QED) is 0.677. The summed E-state index contributed by atoms with van der Waals surface area (Å²) in [5.41, 5.74) is 8.00. The van der Waals surface area contributed by atoms with Crippen molar-refractivity contribution in [3.8, 4) is 0 Å². The molecule has 2 rings (SSSR count). The number of hydrogen-bond acceptors (Lipinski definition) is 0. The predicted molar refractivity (Wildman–Crippen MR) is 71.3 cm³/mol. The zero-order valence-electron chi connectivity index (χ0n) is 11.9. The molecule has 0 aromatic heterocycles. The van der Waals surface area contributed by atoms with Crippen LogP contribution in [0.15, 0.2) is 40.5 Å². The Morgan fingerprint density at radius 3 is 2.12 bits per heavy atom. The first kappa shape index (κ1) is 13.3. The predicted octanol–water partition coefficient (Wildman–Crippen LogP) is 4.95. The fourth-order valence-corrected chi connectivity index (χ4v) is 6.91. The van der Waals surface area contributed by atoms with Crippen molar-refractivity contribution in [2.45, 2.75) is 48.0 Å². The van der Waals surface area contributed by atoms with Gasteiger partial charge in [0.05, 0.1) is 0 Å². The van der Waals surface area contributed by atoms with Crippen molar-refractivity contribution < 1.29 is 23.2 Å². The molecule has 0 aliphatic heterocycles. The molecule has 2 aliphatic rings. The molecule has 0 saturated carbocycles. The molecule has 90 valence electrons.